The van der Waals surface area contributed by atoms with E-state index in [4.69, 9.17) is 4.74 Å². The van der Waals surface area contributed by atoms with Gasteiger partial charge in [0.05, 0.1) is 6.10 Å². The monoisotopic (exact) mass is 254 g/mol. The highest BCUT2D eigenvalue weighted by Gasteiger charge is 2.25. The van der Waals surface area contributed by atoms with Crippen LogP contribution in [0.5, 0.6) is 0 Å². The van der Waals surface area contributed by atoms with Crippen molar-refractivity contribution in [2.75, 3.05) is 26.2 Å². The van der Waals surface area contributed by atoms with Crippen LogP contribution in [0.4, 0.5) is 0 Å². The van der Waals surface area contributed by atoms with E-state index in [-0.39, 0.29) is 0 Å². The van der Waals surface area contributed by atoms with E-state index in [1.807, 2.05) is 0 Å². The molecule has 1 N–H and O–H groups in total. The van der Waals surface area contributed by atoms with Gasteiger partial charge in [0.2, 0.25) is 0 Å². The number of ether oxygens (including phenoxy) is 1. The minimum absolute atomic E-state index is 0.520. The highest BCUT2D eigenvalue weighted by atomic mass is 16.5. The molecule has 0 aromatic carbocycles. The summed E-state index contributed by atoms with van der Waals surface area (Å²) < 4.78 is 5.72. The average molecular weight is 254 g/mol. The van der Waals surface area contributed by atoms with Crippen molar-refractivity contribution in [3.8, 4) is 0 Å². The molecule has 2 aliphatic rings. The van der Waals surface area contributed by atoms with E-state index < -0.39 is 0 Å². The Hall–Kier alpha value is -0.120. The maximum Gasteiger partial charge on any atom is 0.0599 e. The number of nitrogens with zero attached hydrogens (tertiary/aromatic N) is 1. The summed E-state index contributed by atoms with van der Waals surface area (Å²) in [5.74, 6) is 0. The number of hydrogen-bond donors (Lipinski definition) is 1. The summed E-state index contributed by atoms with van der Waals surface area (Å²) in [5, 5.41) is 3.67. The van der Waals surface area contributed by atoms with Gasteiger partial charge in [-0.2, -0.15) is 0 Å². The molecule has 2 saturated heterocycles. The minimum Gasteiger partial charge on any atom is -0.378 e. The molecule has 2 unspecified atom stereocenters. The largest absolute Gasteiger partial charge is 0.378 e. The molecule has 2 atom stereocenters. The molecule has 3 heteroatoms. The van der Waals surface area contributed by atoms with Crippen LogP contribution in [-0.4, -0.2) is 49.3 Å². The molecule has 0 radical (unpaired) electrons. The first-order valence-corrected chi connectivity index (χ1v) is 7.88. The van der Waals surface area contributed by atoms with Crippen molar-refractivity contribution in [1.29, 1.82) is 0 Å². The van der Waals surface area contributed by atoms with E-state index in [2.05, 4.69) is 24.1 Å². The second-order valence-electron chi connectivity index (χ2n) is 5.92. The lowest BCUT2D eigenvalue weighted by atomic mass is 9.96. The summed E-state index contributed by atoms with van der Waals surface area (Å²) in [6, 6.07) is 1.49. The number of nitrogens with one attached hydrogen (secondary N) is 1. The van der Waals surface area contributed by atoms with Crippen LogP contribution in [0, 0.1) is 0 Å². The highest BCUT2D eigenvalue weighted by molar-refractivity contribution is 4.81. The molecular weight excluding hydrogens is 224 g/mol. The quantitative estimate of drug-likeness (QED) is 0.815. The van der Waals surface area contributed by atoms with Crippen molar-refractivity contribution in [2.24, 2.45) is 0 Å². The van der Waals surface area contributed by atoms with E-state index in [9.17, 15) is 0 Å². The fourth-order valence-electron chi connectivity index (χ4n) is 3.40. The van der Waals surface area contributed by atoms with Crippen molar-refractivity contribution in [1.82, 2.24) is 10.2 Å². The van der Waals surface area contributed by atoms with Gasteiger partial charge < -0.3 is 15.0 Å². The van der Waals surface area contributed by atoms with Crippen LogP contribution in [0.15, 0.2) is 0 Å². The summed E-state index contributed by atoms with van der Waals surface area (Å²) in [5.41, 5.74) is 0. The summed E-state index contributed by atoms with van der Waals surface area (Å²) in [6.45, 7) is 9.04. The molecule has 106 valence electrons. The van der Waals surface area contributed by atoms with Crippen LogP contribution in [0.3, 0.4) is 0 Å². The summed E-state index contributed by atoms with van der Waals surface area (Å²) in [4.78, 5) is 2.66. The van der Waals surface area contributed by atoms with Gasteiger partial charge in [0, 0.05) is 31.8 Å². The van der Waals surface area contributed by atoms with Gasteiger partial charge in [-0.1, -0.05) is 6.42 Å². The van der Waals surface area contributed by atoms with Crippen LogP contribution < -0.4 is 5.32 Å². The van der Waals surface area contributed by atoms with Crippen molar-refractivity contribution in [2.45, 2.75) is 70.6 Å². The minimum atomic E-state index is 0.520. The van der Waals surface area contributed by atoms with Crippen molar-refractivity contribution in [3.05, 3.63) is 0 Å². The first-order valence-electron chi connectivity index (χ1n) is 7.88. The standard InChI is InChI=1S/C15H30N2O/c1-3-18-15-7-10-17(11-8-15)13(2)12-14-6-4-5-9-16-14/h13-16H,3-12H2,1-2H3. The molecule has 2 aliphatic heterocycles. The maximum atomic E-state index is 5.72. The topological polar surface area (TPSA) is 24.5 Å². The van der Waals surface area contributed by atoms with Gasteiger partial charge in [-0.25, -0.2) is 0 Å². The van der Waals surface area contributed by atoms with Gasteiger partial charge >= 0.3 is 0 Å². The lowest BCUT2D eigenvalue weighted by Crippen LogP contribution is -2.46. The second-order valence-corrected chi connectivity index (χ2v) is 5.92. The second kappa shape index (κ2) is 7.46. The molecule has 18 heavy (non-hydrogen) atoms. The third-order valence-corrected chi connectivity index (χ3v) is 4.54. The highest BCUT2D eigenvalue weighted by Crippen LogP contribution is 2.20. The molecule has 0 aliphatic carbocycles. The smallest absolute Gasteiger partial charge is 0.0599 e. The lowest BCUT2D eigenvalue weighted by Gasteiger charge is -2.38. The van der Waals surface area contributed by atoms with Crippen LogP contribution in [0.2, 0.25) is 0 Å². The number of rotatable bonds is 5. The Morgan fingerprint density at radius 2 is 2.00 bits per heavy atom. The fraction of sp³-hybridized carbons (Fsp3) is 1.00. The zero-order valence-corrected chi connectivity index (χ0v) is 12.2. The van der Waals surface area contributed by atoms with E-state index >= 15 is 0 Å². The van der Waals surface area contributed by atoms with E-state index in [0.29, 0.717) is 6.10 Å². The molecule has 0 aromatic rings. The van der Waals surface area contributed by atoms with E-state index in [0.717, 1.165) is 18.7 Å². The third-order valence-electron chi connectivity index (χ3n) is 4.54. The SMILES string of the molecule is CCOC1CCN(C(C)CC2CCCCN2)CC1. The molecule has 0 saturated carbocycles. The van der Waals surface area contributed by atoms with Gasteiger partial charge in [-0.3, -0.25) is 0 Å². The molecule has 0 spiro atoms. The molecule has 0 aromatic heterocycles. The van der Waals surface area contributed by atoms with Crippen LogP contribution in [-0.2, 0) is 4.74 Å². The number of likely N-dealkylation sites (tertiary alicyclic amines) is 1. The molecule has 0 bridgehead atoms. The van der Waals surface area contributed by atoms with Crippen LogP contribution in [0.25, 0.3) is 0 Å². The molecular formula is C15H30N2O. The van der Waals surface area contributed by atoms with Gasteiger partial charge in [0.1, 0.15) is 0 Å². The van der Waals surface area contributed by atoms with Crippen LogP contribution in [0.1, 0.15) is 52.4 Å². The van der Waals surface area contributed by atoms with Crippen LogP contribution >= 0.6 is 0 Å². The van der Waals surface area contributed by atoms with Crippen molar-refractivity contribution >= 4 is 0 Å². The first-order chi connectivity index (χ1) is 8.79. The van der Waals surface area contributed by atoms with Crippen molar-refractivity contribution < 1.29 is 4.74 Å². The maximum absolute atomic E-state index is 5.72. The van der Waals surface area contributed by atoms with Crippen molar-refractivity contribution in [3.63, 3.8) is 0 Å². The Kier molecular flexibility index (Phi) is 5.93. The molecule has 3 nitrogen and oxygen atoms in total. The fourth-order valence-corrected chi connectivity index (χ4v) is 3.40. The van der Waals surface area contributed by atoms with Gasteiger partial charge in [-0.15, -0.1) is 0 Å². The van der Waals surface area contributed by atoms with Gasteiger partial charge in [0.15, 0.2) is 0 Å². The Morgan fingerprint density at radius 3 is 2.61 bits per heavy atom. The molecule has 2 rings (SSSR count). The Bertz CT molecular complexity index is 221. The van der Waals surface area contributed by atoms with Gasteiger partial charge in [0.25, 0.3) is 0 Å². The van der Waals surface area contributed by atoms with Gasteiger partial charge in [-0.05, 0) is 52.5 Å². The normalized spacial score (nSPS) is 29.3. The average Bonchev–Trinajstić information content (AvgIpc) is 2.41. The Balaban J connectivity index is 1.68. The zero-order chi connectivity index (χ0) is 12.8. The summed E-state index contributed by atoms with van der Waals surface area (Å²) in [6.07, 6.45) is 8.43. The number of piperidine rings is 2. The molecule has 2 heterocycles. The summed E-state index contributed by atoms with van der Waals surface area (Å²) >= 11 is 0. The van der Waals surface area contributed by atoms with E-state index in [1.54, 1.807) is 0 Å². The third kappa shape index (κ3) is 4.22. The predicted molar refractivity (Wildman–Crippen MR) is 75.9 cm³/mol. The zero-order valence-electron chi connectivity index (χ0n) is 12.2. The number of hydrogen-bond acceptors (Lipinski definition) is 3. The predicted octanol–water partition coefficient (Wildman–Crippen LogP) is 2.41. The Morgan fingerprint density at radius 1 is 1.22 bits per heavy atom. The Labute approximate surface area is 112 Å². The first kappa shape index (κ1) is 14.3. The van der Waals surface area contributed by atoms with E-state index in [1.165, 1.54) is 58.2 Å². The molecule has 2 fully saturated rings. The summed E-state index contributed by atoms with van der Waals surface area (Å²) in [7, 11) is 0. The molecule has 0 amide bonds. The lowest BCUT2D eigenvalue weighted by molar-refractivity contribution is 0.00375.